The van der Waals surface area contributed by atoms with Crippen LogP contribution < -0.4 is 0 Å². The average Bonchev–Trinajstić information content (AvgIpc) is 2.26. The van der Waals surface area contributed by atoms with Crippen molar-refractivity contribution < 1.29 is 9.47 Å². The van der Waals surface area contributed by atoms with Crippen LogP contribution in [0.2, 0.25) is 0 Å². The Morgan fingerprint density at radius 3 is 3.00 bits per heavy atom. The minimum Gasteiger partial charge on any atom is -0.379 e. The highest BCUT2D eigenvalue weighted by atomic mass is 32.1. The van der Waals surface area contributed by atoms with E-state index in [0.717, 1.165) is 38.7 Å². The molecule has 1 atom stereocenters. The molecule has 0 spiro atoms. The lowest BCUT2D eigenvalue weighted by atomic mass is 10.1. The van der Waals surface area contributed by atoms with Gasteiger partial charge in [0.25, 0.3) is 0 Å². The fourth-order valence-electron chi connectivity index (χ4n) is 1.95. The SMILES string of the molecule is CCOC1CCCN(CCOCCS)C1. The third-order valence-electron chi connectivity index (χ3n) is 2.65. The third-order valence-corrected chi connectivity index (χ3v) is 2.83. The Hall–Kier alpha value is 0.230. The van der Waals surface area contributed by atoms with Crippen molar-refractivity contribution in [1.29, 1.82) is 0 Å². The molecule has 90 valence electrons. The molecule has 1 saturated heterocycles. The molecule has 1 rings (SSSR count). The number of piperidine rings is 1. The van der Waals surface area contributed by atoms with Crippen molar-refractivity contribution in [2.75, 3.05) is 45.2 Å². The highest BCUT2D eigenvalue weighted by Crippen LogP contribution is 2.12. The van der Waals surface area contributed by atoms with Gasteiger partial charge in [-0.1, -0.05) is 0 Å². The first-order valence-electron chi connectivity index (χ1n) is 5.89. The number of hydrogen-bond donors (Lipinski definition) is 1. The van der Waals surface area contributed by atoms with Crippen molar-refractivity contribution >= 4 is 12.6 Å². The van der Waals surface area contributed by atoms with Gasteiger partial charge in [0.15, 0.2) is 0 Å². The summed E-state index contributed by atoms with van der Waals surface area (Å²) in [5.41, 5.74) is 0. The predicted octanol–water partition coefficient (Wildman–Crippen LogP) is 1.43. The maximum atomic E-state index is 5.65. The van der Waals surface area contributed by atoms with Crippen molar-refractivity contribution in [2.24, 2.45) is 0 Å². The largest absolute Gasteiger partial charge is 0.379 e. The van der Waals surface area contributed by atoms with E-state index in [-0.39, 0.29) is 0 Å². The second-order valence-electron chi connectivity index (χ2n) is 3.86. The fourth-order valence-corrected chi connectivity index (χ4v) is 2.08. The molecule has 0 bridgehead atoms. The van der Waals surface area contributed by atoms with E-state index in [1.807, 2.05) is 0 Å². The lowest BCUT2D eigenvalue weighted by molar-refractivity contribution is -0.00196. The van der Waals surface area contributed by atoms with Crippen LogP contribution >= 0.6 is 12.6 Å². The van der Waals surface area contributed by atoms with Gasteiger partial charge in [0.05, 0.1) is 19.3 Å². The topological polar surface area (TPSA) is 21.7 Å². The van der Waals surface area contributed by atoms with Crippen LogP contribution in [0.5, 0.6) is 0 Å². The van der Waals surface area contributed by atoms with Gasteiger partial charge in [-0.25, -0.2) is 0 Å². The van der Waals surface area contributed by atoms with Crippen molar-refractivity contribution in [2.45, 2.75) is 25.9 Å². The lowest BCUT2D eigenvalue weighted by Crippen LogP contribution is -2.41. The van der Waals surface area contributed by atoms with Crippen LogP contribution in [0.3, 0.4) is 0 Å². The Morgan fingerprint density at radius 2 is 2.27 bits per heavy atom. The van der Waals surface area contributed by atoms with E-state index >= 15 is 0 Å². The number of ether oxygens (including phenoxy) is 2. The molecule has 0 N–H and O–H groups in total. The average molecular weight is 233 g/mol. The second kappa shape index (κ2) is 8.39. The summed E-state index contributed by atoms with van der Waals surface area (Å²) in [5.74, 6) is 0.807. The molecule has 0 radical (unpaired) electrons. The first-order valence-corrected chi connectivity index (χ1v) is 6.52. The molecule has 0 aliphatic carbocycles. The molecule has 1 heterocycles. The van der Waals surface area contributed by atoms with Crippen LogP contribution in [-0.4, -0.2) is 56.2 Å². The van der Waals surface area contributed by atoms with Gasteiger partial charge in [0.2, 0.25) is 0 Å². The molecule has 4 heteroatoms. The smallest absolute Gasteiger partial charge is 0.0702 e. The molecule has 0 saturated carbocycles. The van der Waals surface area contributed by atoms with Gasteiger partial charge < -0.3 is 9.47 Å². The predicted molar refractivity (Wildman–Crippen MR) is 65.8 cm³/mol. The lowest BCUT2D eigenvalue weighted by Gasteiger charge is -2.32. The molecule has 1 aliphatic heterocycles. The molecule has 15 heavy (non-hydrogen) atoms. The molecule has 1 aliphatic rings. The fraction of sp³-hybridized carbons (Fsp3) is 1.00. The van der Waals surface area contributed by atoms with Crippen molar-refractivity contribution in [3.8, 4) is 0 Å². The summed E-state index contributed by atoms with van der Waals surface area (Å²) in [5, 5.41) is 0. The molecular formula is C11H23NO2S. The molecule has 0 aromatic rings. The van der Waals surface area contributed by atoms with Crippen molar-refractivity contribution in [3.05, 3.63) is 0 Å². The first kappa shape index (κ1) is 13.3. The summed E-state index contributed by atoms with van der Waals surface area (Å²) < 4.78 is 11.1. The summed E-state index contributed by atoms with van der Waals surface area (Å²) >= 11 is 4.10. The van der Waals surface area contributed by atoms with Crippen molar-refractivity contribution in [1.82, 2.24) is 4.90 Å². The molecular weight excluding hydrogens is 210 g/mol. The summed E-state index contributed by atoms with van der Waals surface area (Å²) in [4.78, 5) is 2.43. The van der Waals surface area contributed by atoms with Gasteiger partial charge in [-0.3, -0.25) is 4.90 Å². The van der Waals surface area contributed by atoms with Crippen LogP contribution in [0, 0.1) is 0 Å². The zero-order valence-electron chi connectivity index (χ0n) is 9.65. The summed E-state index contributed by atoms with van der Waals surface area (Å²) in [6.45, 7) is 7.75. The maximum absolute atomic E-state index is 5.65. The maximum Gasteiger partial charge on any atom is 0.0702 e. The van der Waals surface area contributed by atoms with E-state index in [1.54, 1.807) is 0 Å². The van der Waals surface area contributed by atoms with Crippen LogP contribution in [-0.2, 0) is 9.47 Å². The number of rotatable bonds is 7. The van der Waals surface area contributed by atoms with Gasteiger partial charge in [-0.05, 0) is 26.3 Å². The number of nitrogens with zero attached hydrogens (tertiary/aromatic N) is 1. The minimum atomic E-state index is 0.439. The Labute approximate surface area is 98.5 Å². The first-order chi connectivity index (χ1) is 7.36. The Kier molecular flexibility index (Phi) is 7.44. The Bertz CT molecular complexity index is 156. The van der Waals surface area contributed by atoms with Gasteiger partial charge in [-0.2, -0.15) is 12.6 Å². The van der Waals surface area contributed by atoms with Gasteiger partial charge in [0.1, 0.15) is 0 Å². The van der Waals surface area contributed by atoms with E-state index in [0.29, 0.717) is 6.10 Å². The summed E-state index contributed by atoms with van der Waals surface area (Å²) in [7, 11) is 0. The second-order valence-corrected chi connectivity index (χ2v) is 4.30. The van der Waals surface area contributed by atoms with Gasteiger partial charge in [-0.15, -0.1) is 0 Å². The normalized spacial score (nSPS) is 23.2. The minimum absolute atomic E-state index is 0.439. The van der Waals surface area contributed by atoms with Crippen LogP contribution in [0.1, 0.15) is 19.8 Å². The summed E-state index contributed by atoms with van der Waals surface area (Å²) in [6.07, 6.45) is 2.90. The van der Waals surface area contributed by atoms with Crippen LogP contribution in [0.25, 0.3) is 0 Å². The summed E-state index contributed by atoms with van der Waals surface area (Å²) in [6, 6.07) is 0. The van der Waals surface area contributed by atoms with E-state index in [1.165, 1.54) is 19.4 Å². The highest BCUT2D eigenvalue weighted by molar-refractivity contribution is 7.80. The van der Waals surface area contributed by atoms with Gasteiger partial charge in [0, 0.05) is 25.4 Å². The molecule has 0 aromatic heterocycles. The molecule has 3 nitrogen and oxygen atoms in total. The van der Waals surface area contributed by atoms with E-state index in [2.05, 4.69) is 24.5 Å². The Morgan fingerprint density at radius 1 is 1.40 bits per heavy atom. The molecule has 0 aromatic carbocycles. The Balaban J connectivity index is 2.07. The molecule has 0 amide bonds. The number of thiol groups is 1. The van der Waals surface area contributed by atoms with Crippen LogP contribution in [0.15, 0.2) is 0 Å². The standard InChI is InChI=1S/C11H23NO2S/c1-2-14-11-4-3-5-12(10-11)6-7-13-8-9-15/h11,15H,2-10H2,1H3. The van der Waals surface area contributed by atoms with E-state index < -0.39 is 0 Å². The number of hydrogen-bond acceptors (Lipinski definition) is 4. The van der Waals surface area contributed by atoms with Crippen molar-refractivity contribution in [3.63, 3.8) is 0 Å². The zero-order chi connectivity index (χ0) is 10.9. The highest BCUT2D eigenvalue weighted by Gasteiger charge is 2.19. The van der Waals surface area contributed by atoms with Gasteiger partial charge >= 0.3 is 0 Å². The zero-order valence-corrected chi connectivity index (χ0v) is 10.5. The molecule has 1 fully saturated rings. The van der Waals surface area contributed by atoms with Crippen LogP contribution in [0.4, 0.5) is 0 Å². The van der Waals surface area contributed by atoms with E-state index in [4.69, 9.17) is 9.47 Å². The molecule has 1 unspecified atom stereocenters. The number of likely N-dealkylation sites (tertiary alicyclic amines) is 1. The monoisotopic (exact) mass is 233 g/mol. The quantitative estimate of drug-likeness (QED) is 0.531. The van der Waals surface area contributed by atoms with E-state index in [9.17, 15) is 0 Å². The third kappa shape index (κ3) is 5.76.